The number of carbonyl (C=O) groups excluding carboxylic acids is 1. The number of nitrogens with zero attached hydrogens (tertiary/aromatic N) is 3. The smallest absolute Gasteiger partial charge is 0.239 e. The fraction of sp³-hybridized carbons (Fsp3) is 0.500. The third kappa shape index (κ3) is 3.45. The van der Waals surface area contributed by atoms with Crippen LogP contribution in [0, 0.1) is 0 Å². The van der Waals surface area contributed by atoms with Crippen molar-refractivity contribution in [3.05, 3.63) is 11.2 Å². The minimum absolute atomic E-state index is 0.0902. The lowest BCUT2D eigenvalue weighted by atomic mass is 10.4. The molecule has 0 spiro atoms. The van der Waals surface area contributed by atoms with Gasteiger partial charge in [0.15, 0.2) is 5.82 Å². The van der Waals surface area contributed by atoms with Gasteiger partial charge in [0.25, 0.3) is 0 Å². The van der Waals surface area contributed by atoms with Crippen LogP contribution in [0.5, 0.6) is 0 Å². The van der Waals surface area contributed by atoms with Gasteiger partial charge >= 0.3 is 0 Å². The highest BCUT2D eigenvalue weighted by molar-refractivity contribution is 6.32. The molecular formula is C10H16ClN5O. The molecule has 1 amide bonds. The first-order valence-electron chi connectivity index (χ1n) is 5.28. The summed E-state index contributed by atoms with van der Waals surface area (Å²) in [6, 6.07) is 0. The number of anilines is 2. The summed E-state index contributed by atoms with van der Waals surface area (Å²) in [5.74, 6) is 0.935. The van der Waals surface area contributed by atoms with Crippen molar-refractivity contribution in [2.45, 2.75) is 6.92 Å². The standard InChI is InChI=1S/C10H16ClN5O/c1-4-16(6-8(17)12-2)9-7(11)5-14-10(13-3)15-9/h5H,4,6H2,1-3H3,(H,12,17)(H,13,14,15). The molecule has 0 radical (unpaired) electrons. The predicted octanol–water partition coefficient (Wildman–Crippen LogP) is 0.744. The van der Waals surface area contributed by atoms with Crippen LogP contribution in [0.15, 0.2) is 6.20 Å². The molecule has 7 heteroatoms. The molecule has 0 bridgehead atoms. The molecule has 1 rings (SSSR count). The number of amides is 1. The first-order valence-corrected chi connectivity index (χ1v) is 5.66. The quantitative estimate of drug-likeness (QED) is 0.814. The lowest BCUT2D eigenvalue weighted by molar-refractivity contribution is -0.119. The van der Waals surface area contributed by atoms with Gasteiger partial charge in [-0.25, -0.2) is 4.98 Å². The van der Waals surface area contributed by atoms with Gasteiger partial charge in [-0.3, -0.25) is 4.79 Å². The number of rotatable bonds is 5. The first-order chi connectivity index (χ1) is 8.12. The SMILES string of the molecule is CCN(CC(=O)NC)c1nc(NC)ncc1Cl. The number of carbonyl (C=O) groups is 1. The van der Waals surface area contributed by atoms with Gasteiger partial charge in [-0.15, -0.1) is 0 Å². The van der Waals surface area contributed by atoms with Crippen molar-refractivity contribution >= 4 is 29.3 Å². The molecule has 1 aromatic rings. The fourth-order valence-corrected chi connectivity index (χ4v) is 1.50. The molecule has 6 nitrogen and oxygen atoms in total. The minimum Gasteiger partial charge on any atom is -0.358 e. The second-order valence-corrected chi connectivity index (χ2v) is 3.71. The summed E-state index contributed by atoms with van der Waals surface area (Å²) in [7, 11) is 3.32. The summed E-state index contributed by atoms with van der Waals surface area (Å²) in [6.07, 6.45) is 1.52. The van der Waals surface area contributed by atoms with Crippen LogP contribution in [0.4, 0.5) is 11.8 Å². The topological polar surface area (TPSA) is 70.2 Å². The van der Waals surface area contributed by atoms with Crippen molar-refractivity contribution in [3.63, 3.8) is 0 Å². The number of hydrogen-bond donors (Lipinski definition) is 2. The van der Waals surface area contributed by atoms with Gasteiger partial charge in [0.1, 0.15) is 5.02 Å². The van der Waals surface area contributed by atoms with E-state index in [-0.39, 0.29) is 12.5 Å². The van der Waals surface area contributed by atoms with Crippen LogP contribution in [-0.2, 0) is 4.79 Å². The average molecular weight is 258 g/mol. The first kappa shape index (κ1) is 13.5. The summed E-state index contributed by atoms with van der Waals surface area (Å²) in [5, 5.41) is 5.82. The molecule has 0 unspecified atom stereocenters. The maximum atomic E-state index is 11.4. The Balaban J connectivity index is 2.97. The van der Waals surface area contributed by atoms with E-state index in [9.17, 15) is 4.79 Å². The molecule has 0 aliphatic heterocycles. The summed E-state index contributed by atoms with van der Waals surface area (Å²) in [6.45, 7) is 2.78. The van der Waals surface area contributed by atoms with Crippen LogP contribution >= 0.6 is 11.6 Å². The van der Waals surface area contributed by atoms with Gasteiger partial charge in [-0.2, -0.15) is 4.98 Å². The summed E-state index contributed by atoms with van der Waals surface area (Å²) >= 11 is 6.03. The van der Waals surface area contributed by atoms with E-state index in [1.807, 2.05) is 6.92 Å². The van der Waals surface area contributed by atoms with Crippen LogP contribution in [-0.4, -0.2) is 43.1 Å². The molecule has 0 aliphatic rings. The van der Waals surface area contributed by atoms with Crippen molar-refractivity contribution in [2.24, 2.45) is 0 Å². The highest BCUT2D eigenvalue weighted by Crippen LogP contribution is 2.23. The van der Waals surface area contributed by atoms with E-state index in [2.05, 4.69) is 20.6 Å². The number of halogens is 1. The molecule has 0 aromatic carbocycles. The summed E-state index contributed by atoms with van der Waals surface area (Å²) < 4.78 is 0. The largest absolute Gasteiger partial charge is 0.358 e. The van der Waals surface area contributed by atoms with Gasteiger partial charge in [0, 0.05) is 20.6 Å². The minimum atomic E-state index is -0.0902. The molecule has 1 aromatic heterocycles. The van der Waals surface area contributed by atoms with E-state index in [0.717, 1.165) is 0 Å². The van der Waals surface area contributed by atoms with Gasteiger partial charge in [-0.1, -0.05) is 11.6 Å². The number of aromatic nitrogens is 2. The normalized spacial score (nSPS) is 9.88. The van der Waals surface area contributed by atoms with Crippen LogP contribution in [0.1, 0.15) is 6.92 Å². The molecule has 1 heterocycles. The third-order valence-electron chi connectivity index (χ3n) is 2.24. The maximum Gasteiger partial charge on any atom is 0.239 e. The van der Waals surface area contributed by atoms with Crippen molar-refractivity contribution in [2.75, 3.05) is 37.4 Å². The van der Waals surface area contributed by atoms with E-state index in [1.165, 1.54) is 6.20 Å². The Morgan fingerprint density at radius 1 is 1.53 bits per heavy atom. The molecule has 2 N–H and O–H groups in total. The Morgan fingerprint density at radius 3 is 2.76 bits per heavy atom. The van der Waals surface area contributed by atoms with Crippen molar-refractivity contribution in [1.82, 2.24) is 15.3 Å². The lowest BCUT2D eigenvalue weighted by Gasteiger charge is -2.22. The van der Waals surface area contributed by atoms with Gasteiger partial charge in [-0.05, 0) is 6.92 Å². The fourth-order valence-electron chi connectivity index (χ4n) is 1.29. The molecule has 0 saturated carbocycles. The van der Waals surface area contributed by atoms with E-state index in [1.54, 1.807) is 19.0 Å². The van der Waals surface area contributed by atoms with E-state index < -0.39 is 0 Å². The summed E-state index contributed by atoms with van der Waals surface area (Å²) in [5.41, 5.74) is 0. The Labute approximate surface area is 105 Å². The van der Waals surface area contributed by atoms with Crippen molar-refractivity contribution in [3.8, 4) is 0 Å². The molecule has 0 fully saturated rings. The number of nitrogens with one attached hydrogen (secondary N) is 2. The second-order valence-electron chi connectivity index (χ2n) is 3.30. The van der Waals surface area contributed by atoms with Crippen molar-refractivity contribution in [1.29, 1.82) is 0 Å². The van der Waals surface area contributed by atoms with Gasteiger partial charge in [0.2, 0.25) is 11.9 Å². The Hall–Kier alpha value is -1.56. The zero-order valence-corrected chi connectivity index (χ0v) is 10.9. The highest BCUT2D eigenvalue weighted by Gasteiger charge is 2.14. The number of likely N-dealkylation sites (N-methyl/N-ethyl adjacent to an activating group) is 2. The average Bonchev–Trinajstić information content (AvgIpc) is 2.36. The van der Waals surface area contributed by atoms with Crippen LogP contribution in [0.25, 0.3) is 0 Å². The molecule has 94 valence electrons. The lowest BCUT2D eigenvalue weighted by Crippen LogP contribution is -2.36. The van der Waals surface area contributed by atoms with Crippen LogP contribution in [0.3, 0.4) is 0 Å². The van der Waals surface area contributed by atoms with E-state index in [0.29, 0.717) is 23.3 Å². The second kappa shape index (κ2) is 6.24. The Morgan fingerprint density at radius 2 is 2.24 bits per heavy atom. The Bertz CT molecular complexity index is 398. The highest BCUT2D eigenvalue weighted by atomic mass is 35.5. The molecule has 0 aliphatic carbocycles. The third-order valence-corrected chi connectivity index (χ3v) is 2.51. The number of hydrogen-bond acceptors (Lipinski definition) is 5. The van der Waals surface area contributed by atoms with Gasteiger partial charge in [0.05, 0.1) is 12.7 Å². The van der Waals surface area contributed by atoms with Gasteiger partial charge < -0.3 is 15.5 Å². The Kier molecular flexibility index (Phi) is 4.96. The molecule has 0 saturated heterocycles. The van der Waals surface area contributed by atoms with Crippen LogP contribution in [0.2, 0.25) is 5.02 Å². The zero-order chi connectivity index (χ0) is 12.8. The maximum absolute atomic E-state index is 11.4. The summed E-state index contributed by atoms with van der Waals surface area (Å²) in [4.78, 5) is 21.4. The predicted molar refractivity (Wildman–Crippen MR) is 68.5 cm³/mol. The van der Waals surface area contributed by atoms with Crippen LogP contribution < -0.4 is 15.5 Å². The van der Waals surface area contributed by atoms with E-state index >= 15 is 0 Å². The monoisotopic (exact) mass is 257 g/mol. The molecule has 17 heavy (non-hydrogen) atoms. The van der Waals surface area contributed by atoms with E-state index in [4.69, 9.17) is 11.6 Å². The van der Waals surface area contributed by atoms with Crippen molar-refractivity contribution < 1.29 is 4.79 Å². The molecular weight excluding hydrogens is 242 g/mol. The molecule has 0 atom stereocenters. The zero-order valence-electron chi connectivity index (χ0n) is 10.1.